The zero-order valence-electron chi connectivity index (χ0n) is 13.3. The average molecular weight is 297 g/mol. The first-order valence-electron chi connectivity index (χ1n) is 7.72. The molecule has 2 fully saturated rings. The number of likely N-dealkylation sites (tertiary alicyclic amines) is 2. The topological polar surface area (TPSA) is 75.9 Å². The Balaban J connectivity index is 2.02. The molecule has 0 aliphatic carbocycles. The number of carbonyl (C=O) groups is 2. The van der Waals surface area contributed by atoms with Crippen LogP contribution in [0.1, 0.15) is 26.7 Å². The summed E-state index contributed by atoms with van der Waals surface area (Å²) in [5.74, 6) is -0.461. The first-order chi connectivity index (χ1) is 9.92. The van der Waals surface area contributed by atoms with E-state index in [4.69, 9.17) is 10.5 Å². The van der Waals surface area contributed by atoms with E-state index in [9.17, 15) is 9.59 Å². The molecule has 6 nitrogen and oxygen atoms in total. The summed E-state index contributed by atoms with van der Waals surface area (Å²) in [6, 6.07) is 0.0346. The van der Waals surface area contributed by atoms with Crippen molar-refractivity contribution in [3.63, 3.8) is 0 Å². The van der Waals surface area contributed by atoms with Gasteiger partial charge in [-0.15, -0.1) is 0 Å². The monoisotopic (exact) mass is 297 g/mol. The van der Waals surface area contributed by atoms with Crippen LogP contribution < -0.4 is 5.73 Å². The van der Waals surface area contributed by atoms with Crippen LogP contribution in [0.5, 0.6) is 0 Å². The largest absolute Gasteiger partial charge is 0.383 e. The van der Waals surface area contributed by atoms with Gasteiger partial charge in [0.1, 0.15) is 0 Å². The summed E-state index contributed by atoms with van der Waals surface area (Å²) in [4.78, 5) is 28.3. The van der Waals surface area contributed by atoms with Crippen LogP contribution in [0.2, 0.25) is 0 Å². The van der Waals surface area contributed by atoms with E-state index in [1.54, 1.807) is 16.9 Å². The Kier molecular flexibility index (Phi) is 4.88. The molecule has 2 rings (SSSR count). The van der Waals surface area contributed by atoms with Crippen LogP contribution in [-0.4, -0.2) is 67.6 Å². The van der Waals surface area contributed by atoms with Gasteiger partial charge in [-0.1, -0.05) is 13.8 Å². The molecular formula is C15H27N3O3. The van der Waals surface area contributed by atoms with E-state index in [1.807, 2.05) is 0 Å². The van der Waals surface area contributed by atoms with Crippen LogP contribution in [-0.2, 0) is 14.3 Å². The van der Waals surface area contributed by atoms with Gasteiger partial charge in [0.25, 0.3) is 0 Å². The molecule has 2 N–H and O–H groups in total. The van der Waals surface area contributed by atoms with Gasteiger partial charge < -0.3 is 20.3 Å². The molecule has 0 aromatic heterocycles. The fourth-order valence-electron chi connectivity index (χ4n) is 3.35. The third-order valence-corrected chi connectivity index (χ3v) is 5.17. The van der Waals surface area contributed by atoms with Crippen molar-refractivity contribution in [2.45, 2.75) is 32.7 Å². The van der Waals surface area contributed by atoms with E-state index in [1.165, 1.54) is 0 Å². The third kappa shape index (κ3) is 3.06. The van der Waals surface area contributed by atoms with Gasteiger partial charge in [0.15, 0.2) is 0 Å². The minimum atomic E-state index is -0.387. The van der Waals surface area contributed by atoms with Crippen molar-refractivity contribution in [1.82, 2.24) is 9.80 Å². The Morgan fingerprint density at radius 2 is 2.10 bits per heavy atom. The van der Waals surface area contributed by atoms with Crippen molar-refractivity contribution in [3.8, 4) is 0 Å². The summed E-state index contributed by atoms with van der Waals surface area (Å²) >= 11 is 0. The molecule has 0 aromatic rings. The highest BCUT2D eigenvalue weighted by Crippen LogP contribution is 2.34. The molecule has 0 bridgehead atoms. The van der Waals surface area contributed by atoms with Crippen LogP contribution in [0.4, 0.5) is 0 Å². The number of hydrogen-bond acceptors (Lipinski definition) is 4. The summed E-state index contributed by atoms with van der Waals surface area (Å²) < 4.78 is 5.14. The van der Waals surface area contributed by atoms with Crippen molar-refractivity contribution < 1.29 is 14.3 Å². The highest BCUT2D eigenvalue weighted by atomic mass is 16.5. The fraction of sp³-hybridized carbons (Fsp3) is 0.867. The molecule has 2 amide bonds. The maximum absolute atomic E-state index is 12.5. The highest BCUT2D eigenvalue weighted by Gasteiger charge is 2.44. The van der Waals surface area contributed by atoms with E-state index in [2.05, 4.69) is 13.8 Å². The van der Waals surface area contributed by atoms with Crippen molar-refractivity contribution >= 4 is 11.8 Å². The van der Waals surface area contributed by atoms with Gasteiger partial charge >= 0.3 is 11.8 Å². The van der Waals surface area contributed by atoms with Crippen LogP contribution in [0.3, 0.4) is 0 Å². The standard InChI is InChI=1S/C15H27N3O3/c1-11-7-17(10-15(11,2)9-16)13(19)14(20)18-6-4-5-12(18)8-21-3/h11-12H,4-10,16H2,1-3H3/t11-,12?,15-/m1/s1. The Hall–Kier alpha value is -1.14. The zero-order chi connectivity index (χ0) is 15.6. The summed E-state index contributed by atoms with van der Waals surface area (Å²) in [7, 11) is 1.62. The SMILES string of the molecule is COCC1CCCN1C(=O)C(=O)N1C[C@@H](C)[C@](C)(CN)C1. The lowest BCUT2D eigenvalue weighted by molar-refractivity contribution is -0.152. The molecule has 2 saturated heterocycles. The van der Waals surface area contributed by atoms with E-state index < -0.39 is 0 Å². The molecular weight excluding hydrogens is 270 g/mol. The van der Waals surface area contributed by atoms with E-state index in [-0.39, 0.29) is 23.3 Å². The Bertz CT molecular complexity index is 415. The molecule has 6 heteroatoms. The number of rotatable bonds is 3. The van der Waals surface area contributed by atoms with Crippen LogP contribution in [0, 0.1) is 11.3 Å². The zero-order valence-corrected chi connectivity index (χ0v) is 13.3. The molecule has 0 aromatic carbocycles. The molecule has 1 unspecified atom stereocenters. The first-order valence-corrected chi connectivity index (χ1v) is 7.72. The lowest BCUT2D eigenvalue weighted by Crippen LogP contribution is -2.48. The maximum Gasteiger partial charge on any atom is 0.312 e. The second kappa shape index (κ2) is 6.32. The van der Waals surface area contributed by atoms with Crippen LogP contribution in [0.25, 0.3) is 0 Å². The van der Waals surface area contributed by atoms with Crippen LogP contribution in [0.15, 0.2) is 0 Å². The predicted molar refractivity (Wildman–Crippen MR) is 79.5 cm³/mol. The number of amides is 2. The minimum absolute atomic E-state index is 0.0346. The van der Waals surface area contributed by atoms with E-state index in [0.717, 1.165) is 12.8 Å². The second-order valence-electron chi connectivity index (χ2n) is 6.69. The molecule has 2 aliphatic heterocycles. The van der Waals surface area contributed by atoms with Gasteiger partial charge in [0.2, 0.25) is 0 Å². The minimum Gasteiger partial charge on any atom is -0.383 e. The summed E-state index contributed by atoms with van der Waals surface area (Å²) in [5.41, 5.74) is 5.74. The van der Waals surface area contributed by atoms with Gasteiger partial charge in [0, 0.05) is 32.2 Å². The molecule has 2 heterocycles. The third-order valence-electron chi connectivity index (χ3n) is 5.17. The highest BCUT2D eigenvalue weighted by molar-refractivity contribution is 6.35. The number of nitrogens with zero attached hydrogens (tertiary/aromatic N) is 2. The van der Waals surface area contributed by atoms with Gasteiger partial charge in [-0.2, -0.15) is 0 Å². The lowest BCUT2D eigenvalue weighted by Gasteiger charge is -2.27. The molecule has 0 radical (unpaired) electrons. The maximum atomic E-state index is 12.5. The molecule has 3 atom stereocenters. The molecule has 2 aliphatic rings. The van der Waals surface area contributed by atoms with Crippen molar-refractivity contribution in [2.75, 3.05) is 39.9 Å². The van der Waals surface area contributed by atoms with Crippen molar-refractivity contribution in [1.29, 1.82) is 0 Å². The normalized spacial score (nSPS) is 32.8. The van der Waals surface area contributed by atoms with Crippen LogP contribution >= 0.6 is 0 Å². The Morgan fingerprint density at radius 3 is 2.67 bits per heavy atom. The number of hydrogen-bond donors (Lipinski definition) is 1. The van der Waals surface area contributed by atoms with Gasteiger partial charge in [-0.05, 0) is 25.3 Å². The van der Waals surface area contributed by atoms with Gasteiger partial charge in [0.05, 0.1) is 12.6 Å². The van der Waals surface area contributed by atoms with Crippen molar-refractivity contribution in [3.05, 3.63) is 0 Å². The molecule has 21 heavy (non-hydrogen) atoms. The van der Waals surface area contributed by atoms with E-state index >= 15 is 0 Å². The number of nitrogens with two attached hydrogens (primary N) is 1. The average Bonchev–Trinajstić information content (AvgIpc) is 3.04. The number of carbonyl (C=O) groups excluding carboxylic acids is 2. The van der Waals surface area contributed by atoms with E-state index in [0.29, 0.717) is 38.7 Å². The van der Waals surface area contributed by atoms with Crippen molar-refractivity contribution in [2.24, 2.45) is 17.1 Å². The van der Waals surface area contributed by atoms with Gasteiger partial charge in [-0.3, -0.25) is 9.59 Å². The predicted octanol–water partition coefficient (Wildman–Crippen LogP) is 0.0671. The molecule has 0 spiro atoms. The Labute approximate surface area is 126 Å². The summed E-state index contributed by atoms with van der Waals surface area (Å²) in [6.07, 6.45) is 1.84. The lowest BCUT2D eigenvalue weighted by atomic mass is 9.81. The second-order valence-corrected chi connectivity index (χ2v) is 6.69. The smallest absolute Gasteiger partial charge is 0.312 e. The number of methoxy groups -OCH3 is 1. The summed E-state index contributed by atoms with van der Waals surface area (Å²) in [5, 5.41) is 0. The number of ether oxygens (including phenoxy) is 1. The van der Waals surface area contributed by atoms with Gasteiger partial charge in [-0.25, -0.2) is 0 Å². The first kappa shape index (κ1) is 16.2. The molecule has 0 saturated carbocycles. The fourth-order valence-corrected chi connectivity index (χ4v) is 3.35. The molecule has 120 valence electrons. The summed E-state index contributed by atoms with van der Waals surface area (Å²) in [6.45, 7) is 7.03. The Morgan fingerprint density at radius 1 is 1.38 bits per heavy atom. The quantitative estimate of drug-likeness (QED) is 0.748.